The van der Waals surface area contributed by atoms with Gasteiger partial charge in [0.2, 0.25) is 0 Å². The molecule has 0 bridgehead atoms. The normalized spacial score (nSPS) is 13.1. The summed E-state index contributed by atoms with van der Waals surface area (Å²) in [4.78, 5) is 0. The average molecular weight is 282 g/mol. The highest BCUT2D eigenvalue weighted by atomic mass is 15.3. The zero-order chi connectivity index (χ0) is 15.3. The second-order valence-electron chi connectivity index (χ2n) is 6.61. The Balaban J connectivity index is 2.09. The van der Waals surface area contributed by atoms with E-state index in [-0.39, 0.29) is 0 Å². The number of benzene rings is 2. The number of nitrogens with zero attached hydrogens (tertiary/aromatic N) is 1. The van der Waals surface area contributed by atoms with Crippen molar-refractivity contribution in [2.45, 2.75) is 39.2 Å². The fourth-order valence-corrected chi connectivity index (χ4v) is 2.93. The minimum Gasteiger partial charge on any atom is -0.292 e. The zero-order valence-electron chi connectivity index (χ0n) is 13.8. The molecule has 2 aromatic carbocycles. The lowest BCUT2D eigenvalue weighted by Crippen LogP contribution is -2.39. The van der Waals surface area contributed by atoms with Crippen molar-refractivity contribution in [3.63, 3.8) is 0 Å². The number of quaternary nitrogens is 1. The predicted molar refractivity (Wildman–Crippen MR) is 93.6 cm³/mol. The summed E-state index contributed by atoms with van der Waals surface area (Å²) >= 11 is 0. The van der Waals surface area contributed by atoms with E-state index in [2.05, 4.69) is 82.5 Å². The third-order valence-electron chi connectivity index (χ3n) is 4.30. The minimum absolute atomic E-state index is 0.667. The number of hydrogen-bond acceptors (Lipinski definition) is 0. The van der Waals surface area contributed by atoms with Crippen LogP contribution < -0.4 is 4.48 Å². The fraction of sp³-hybridized carbons (Fsp3) is 0.400. The van der Waals surface area contributed by atoms with Crippen molar-refractivity contribution >= 4 is 5.69 Å². The van der Waals surface area contributed by atoms with Gasteiger partial charge in [-0.1, -0.05) is 62.7 Å². The van der Waals surface area contributed by atoms with Crippen LogP contribution in [0, 0.1) is 0 Å². The highest BCUT2D eigenvalue weighted by Crippen LogP contribution is 2.24. The summed E-state index contributed by atoms with van der Waals surface area (Å²) in [6, 6.07) is 19.9. The third kappa shape index (κ3) is 4.18. The molecule has 0 N–H and O–H groups in total. The average Bonchev–Trinajstić information content (AvgIpc) is 2.49. The van der Waals surface area contributed by atoms with Crippen LogP contribution in [0.25, 0.3) is 0 Å². The van der Waals surface area contributed by atoms with Crippen LogP contribution >= 0.6 is 0 Å². The smallest absolute Gasteiger partial charge is 0.132 e. The monoisotopic (exact) mass is 282 g/mol. The van der Waals surface area contributed by atoms with E-state index in [1.165, 1.54) is 29.7 Å². The lowest BCUT2D eigenvalue weighted by Gasteiger charge is -2.29. The van der Waals surface area contributed by atoms with Crippen molar-refractivity contribution in [3.05, 3.63) is 65.7 Å². The summed E-state index contributed by atoms with van der Waals surface area (Å²) in [6.45, 7) is 5.60. The number of hydrogen-bond donors (Lipinski definition) is 0. The summed E-state index contributed by atoms with van der Waals surface area (Å²) in [5, 5.41) is 0. The maximum absolute atomic E-state index is 2.32. The van der Waals surface area contributed by atoms with Gasteiger partial charge in [-0.3, -0.25) is 4.48 Å². The Morgan fingerprint density at radius 2 is 1.52 bits per heavy atom. The summed E-state index contributed by atoms with van der Waals surface area (Å²) in [5.74, 6) is 0.667. The van der Waals surface area contributed by atoms with Crippen LogP contribution in [0.2, 0.25) is 0 Å². The lowest BCUT2D eigenvalue weighted by atomic mass is 9.95. The molecule has 1 heteroatoms. The molecular weight excluding hydrogens is 254 g/mol. The second kappa shape index (κ2) is 6.91. The summed E-state index contributed by atoms with van der Waals surface area (Å²) < 4.78 is 0.880. The van der Waals surface area contributed by atoms with E-state index in [9.17, 15) is 0 Å². The van der Waals surface area contributed by atoms with E-state index in [1.807, 2.05) is 0 Å². The summed E-state index contributed by atoms with van der Waals surface area (Å²) in [6.07, 6.45) is 2.52. The summed E-state index contributed by atoms with van der Waals surface area (Å²) in [7, 11) is 4.53. The molecule has 0 aromatic heterocycles. The highest BCUT2D eigenvalue weighted by Gasteiger charge is 2.19. The molecule has 0 aliphatic heterocycles. The molecule has 0 fully saturated rings. The van der Waals surface area contributed by atoms with Crippen molar-refractivity contribution < 1.29 is 0 Å². The van der Waals surface area contributed by atoms with Crippen molar-refractivity contribution in [3.8, 4) is 0 Å². The SMILES string of the molecule is CCCC(C)c1ccc(C[N+](C)(C)c2ccccc2)cc1. The third-order valence-corrected chi connectivity index (χ3v) is 4.30. The molecule has 0 saturated carbocycles. The van der Waals surface area contributed by atoms with Gasteiger partial charge in [-0.15, -0.1) is 0 Å². The molecule has 1 unspecified atom stereocenters. The van der Waals surface area contributed by atoms with Crippen LogP contribution in [0.15, 0.2) is 54.6 Å². The van der Waals surface area contributed by atoms with Gasteiger partial charge in [-0.2, -0.15) is 0 Å². The molecule has 112 valence electrons. The van der Waals surface area contributed by atoms with Gasteiger partial charge in [0.1, 0.15) is 12.2 Å². The molecule has 2 rings (SSSR count). The first-order chi connectivity index (χ1) is 10.0. The van der Waals surface area contributed by atoms with Gasteiger partial charge in [-0.05, 0) is 30.0 Å². The number of rotatable bonds is 6. The van der Waals surface area contributed by atoms with E-state index < -0.39 is 0 Å². The Morgan fingerprint density at radius 1 is 0.905 bits per heavy atom. The van der Waals surface area contributed by atoms with Crippen LogP contribution in [0.4, 0.5) is 5.69 Å². The molecule has 0 heterocycles. The molecule has 0 radical (unpaired) electrons. The Hall–Kier alpha value is -1.60. The quantitative estimate of drug-likeness (QED) is 0.626. The largest absolute Gasteiger partial charge is 0.292 e. The molecule has 1 atom stereocenters. The molecule has 0 aliphatic carbocycles. The predicted octanol–water partition coefficient (Wildman–Crippen LogP) is 5.36. The maximum atomic E-state index is 2.32. The lowest BCUT2D eigenvalue weighted by molar-refractivity contribution is 0.392. The zero-order valence-corrected chi connectivity index (χ0v) is 13.8. The molecule has 0 saturated heterocycles. The van der Waals surface area contributed by atoms with E-state index in [0.717, 1.165) is 11.0 Å². The van der Waals surface area contributed by atoms with Crippen LogP contribution in [-0.4, -0.2) is 14.1 Å². The molecule has 0 spiro atoms. The van der Waals surface area contributed by atoms with Gasteiger partial charge >= 0.3 is 0 Å². The molecule has 0 aliphatic rings. The first-order valence-corrected chi connectivity index (χ1v) is 8.00. The standard InChI is InChI=1S/C20H28N/c1-5-9-17(2)19-14-12-18(13-15-19)16-21(3,4)20-10-7-6-8-11-20/h6-8,10-15,17H,5,9,16H2,1-4H3/q+1. The topological polar surface area (TPSA) is 0 Å². The second-order valence-corrected chi connectivity index (χ2v) is 6.61. The van der Waals surface area contributed by atoms with Crippen molar-refractivity contribution in [1.82, 2.24) is 4.48 Å². The Kier molecular flexibility index (Phi) is 5.19. The molecule has 1 nitrogen and oxygen atoms in total. The van der Waals surface area contributed by atoms with Crippen LogP contribution in [0.3, 0.4) is 0 Å². The molecule has 2 aromatic rings. The fourth-order valence-electron chi connectivity index (χ4n) is 2.93. The summed E-state index contributed by atoms with van der Waals surface area (Å²) in [5.41, 5.74) is 4.21. The number of para-hydroxylation sites is 1. The first kappa shape index (κ1) is 15.8. The van der Waals surface area contributed by atoms with Crippen molar-refractivity contribution in [1.29, 1.82) is 0 Å². The van der Waals surface area contributed by atoms with Gasteiger partial charge in [0.05, 0.1) is 14.1 Å². The van der Waals surface area contributed by atoms with Gasteiger partial charge in [0.25, 0.3) is 0 Å². The van der Waals surface area contributed by atoms with E-state index in [0.29, 0.717) is 5.92 Å². The first-order valence-electron chi connectivity index (χ1n) is 8.00. The minimum atomic E-state index is 0.667. The maximum Gasteiger partial charge on any atom is 0.132 e. The van der Waals surface area contributed by atoms with Gasteiger partial charge in [0, 0.05) is 5.56 Å². The van der Waals surface area contributed by atoms with Crippen LogP contribution in [-0.2, 0) is 6.54 Å². The Labute approximate surface area is 129 Å². The van der Waals surface area contributed by atoms with Crippen molar-refractivity contribution in [2.24, 2.45) is 0 Å². The Morgan fingerprint density at radius 3 is 2.10 bits per heavy atom. The van der Waals surface area contributed by atoms with E-state index in [4.69, 9.17) is 0 Å². The highest BCUT2D eigenvalue weighted by molar-refractivity contribution is 5.42. The van der Waals surface area contributed by atoms with E-state index >= 15 is 0 Å². The molecule has 0 amide bonds. The van der Waals surface area contributed by atoms with Gasteiger partial charge < -0.3 is 0 Å². The van der Waals surface area contributed by atoms with Gasteiger partial charge in [0.15, 0.2) is 0 Å². The van der Waals surface area contributed by atoms with E-state index in [1.54, 1.807) is 0 Å². The van der Waals surface area contributed by atoms with Crippen LogP contribution in [0.5, 0.6) is 0 Å². The molecular formula is C20H28N+. The van der Waals surface area contributed by atoms with Gasteiger partial charge in [-0.25, -0.2) is 0 Å². The molecule has 21 heavy (non-hydrogen) atoms. The van der Waals surface area contributed by atoms with Crippen LogP contribution in [0.1, 0.15) is 43.7 Å². The Bertz CT molecular complexity index is 540. The van der Waals surface area contributed by atoms with Crippen molar-refractivity contribution in [2.75, 3.05) is 14.1 Å².